The molecule has 0 saturated carbocycles. The van der Waals surface area contributed by atoms with Crippen molar-refractivity contribution in [1.29, 1.82) is 0 Å². The number of carbonyl (C=O) groups is 2. The second-order valence-corrected chi connectivity index (χ2v) is 6.32. The molecule has 0 fully saturated rings. The number of aliphatic carboxylic acids is 1. The molecular weight excluding hydrogens is 232 g/mol. The summed E-state index contributed by atoms with van der Waals surface area (Å²) in [5.41, 5.74) is -0.866. The van der Waals surface area contributed by atoms with E-state index in [0.29, 0.717) is 6.42 Å². The fraction of sp³-hybridized carbons (Fsp3) is 0.857. The fourth-order valence-electron chi connectivity index (χ4n) is 1.52. The molecule has 0 bridgehead atoms. The molecule has 1 atom stereocenters. The third-order valence-electron chi connectivity index (χ3n) is 3.06. The number of hydrogen-bond acceptors (Lipinski definition) is 3. The SMILES string of the molecule is CCC(C)(C)C(=O)C(COC(C)(C)C)CC(=O)O. The molecule has 4 nitrogen and oxygen atoms in total. The van der Waals surface area contributed by atoms with Gasteiger partial charge in [-0.2, -0.15) is 0 Å². The highest BCUT2D eigenvalue weighted by molar-refractivity contribution is 5.89. The van der Waals surface area contributed by atoms with Crippen LogP contribution in [-0.2, 0) is 14.3 Å². The van der Waals surface area contributed by atoms with Gasteiger partial charge in [0.2, 0.25) is 0 Å². The number of hydrogen-bond donors (Lipinski definition) is 1. The van der Waals surface area contributed by atoms with E-state index in [1.807, 2.05) is 41.5 Å². The predicted octanol–water partition coefficient (Wildman–Crippen LogP) is 2.90. The minimum Gasteiger partial charge on any atom is -0.481 e. The van der Waals surface area contributed by atoms with Gasteiger partial charge >= 0.3 is 5.97 Å². The van der Waals surface area contributed by atoms with Gasteiger partial charge in [0.05, 0.1) is 24.5 Å². The molecule has 0 aromatic rings. The average molecular weight is 258 g/mol. The molecule has 18 heavy (non-hydrogen) atoms. The Morgan fingerprint density at radius 2 is 1.67 bits per heavy atom. The van der Waals surface area contributed by atoms with Crippen molar-refractivity contribution in [3.63, 3.8) is 0 Å². The molecule has 106 valence electrons. The third-order valence-corrected chi connectivity index (χ3v) is 3.06. The van der Waals surface area contributed by atoms with Gasteiger partial charge in [0.15, 0.2) is 0 Å². The number of carbonyl (C=O) groups excluding carboxylic acids is 1. The summed E-state index contributed by atoms with van der Waals surface area (Å²) in [5, 5.41) is 8.89. The zero-order valence-corrected chi connectivity index (χ0v) is 12.4. The maximum atomic E-state index is 12.3. The van der Waals surface area contributed by atoms with E-state index < -0.39 is 17.3 Å². The van der Waals surface area contributed by atoms with Gasteiger partial charge in [0, 0.05) is 5.41 Å². The van der Waals surface area contributed by atoms with Gasteiger partial charge in [0.25, 0.3) is 0 Å². The Morgan fingerprint density at radius 1 is 1.17 bits per heavy atom. The zero-order valence-electron chi connectivity index (χ0n) is 12.4. The van der Waals surface area contributed by atoms with Crippen molar-refractivity contribution in [2.24, 2.45) is 11.3 Å². The summed E-state index contributed by atoms with van der Waals surface area (Å²) in [6, 6.07) is 0. The van der Waals surface area contributed by atoms with E-state index in [0.717, 1.165) is 0 Å². The lowest BCUT2D eigenvalue weighted by Gasteiger charge is -2.29. The Labute approximate surface area is 110 Å². The minimum atomic E-state index is -0.960. The Bertz CT molecular complexity index is 299. The summed E-state index contributed by atoms with van der Waals surface area (Å²) in [6.45, 7) is 11.5. The molecular formula is C14H26O4. The van der Waals surface area contributed by atoms with Crippen LogP contribution in [0.4, 0.5) is 0 Å². The smallest absolute Gasteiger partial charge is 0.304 e. The summed E-state index contributed by atoms with van der Waals surface area (Å²) in [7, 11) is 0. The summed E-state index contributed by atoms with van der Waals surface area (Å²) in [4.78, 5) is 23.2. The van der Waals surface area contributed by atoms with Crippen LogP contribution in [0, 0.1) is 11.3 Å². The summed E-state index contributed by atoms with van der Waals surface area (Å²) >= 11 is 0. The van der Waals surface area contributed by atoms with Crippen LogP contribution in [-0.4, -0.2) is 29.1 Å². The Hall–Kier alpha value is -0.900. The van der Waals surface area contributed by atoms with Crippen molar-refractivity contribution in [3.05, 3.63) is 0 Å². The number of ether oxygens (including phenoxy) is 1. The Balaban J connectivity index is 4.78. The molecule has 0 aliphatic heterocycles. The quantitative estimate of drug-likeness (QED) is 0.762. The predicted molar refractivity (Wildman–Crippen MR) is 70.5 cm³/mol. The lowest BCUT2D eigenvalue weighted by Crippen LogP contribution is -2.36. The molecule has 0 aromatic carbocycles. The van der Waals surface area contributed by atoms with Gasteiger partial charge in [-0.25, -0.2) is 0 Å². The summed E-state index contributed by atoms with van der Waals surface area (Å²) in [5.74, 6) is -1.56. The van der Waals surface area contributed by atoms with E-state index in [2.05, 4.69) is 0 Å². The molecule has 0 spiro atoms. The molecule has 0 aliphatic carbocycles. The molecule has 0 amide bonds. The monoisotopic (exact) mass is 258 g/mol. The molecule has 4 heteroatoms. The number of rotatable bonds is 7. The van der Waals surface area contributed by atoms with Crippen LogP contribution in [0.25, 0.3) is 0 Å². The van der Waals surface area contributed by atoms with Gasteiger partial charge in [-0.15, -0.1) is 0 Å². The topological polar surface area (TPSA) is 63.6 Å². The molecule has 1 unspecified atom stereocenters. The van der Waals surface area contributed by atoms with Crippen molar-refractivity contribution in [2.45, 2.75) is 60.0 Å². The highest BCUT2D eigenvalue weighted by Gasteiger charge is 2.34. The number of carboxylic acids is 1. The third kappa shape index (κ3) is 6.15. The van der Waals surface area contributed by atoms with Crippen molar-refractivity contribution in [2.75, 3.05) is 6.61 Å². The van der Waals surface area contributed by atoms with Crippen LogP contribution in [0.5, 0.6) is 0 Å². The maximum absolute atomic E-state index is 12.3. The second kappa shape index (κ2) is 6.32. The number of Topliss-reactive ketones (excluding diaryl/α,β-unsaturated/α-hetero) is 1. The molecule has 0 radical (unpaired) electrons. The van der Waals surface area contributed by atoms with Crippen LogP contribution in [0.15, 0.2) is 0 Å². The molecule has 0 saturated heterocycles. The van der Waals surface area contributed by atoms with Crippen molar-refractivity contribution >= 4 is 11.8 Å². The first-order valence-electron chi connectivity index (χ1n) is 6.39. The number of carboxylic acid groups (broad SMARTS) is 1. The highest BCUT2D eigenvalue weighted by Crippen LogP contribution is 2.27. The van der Waals surface area contributed by atoms with E-state index in [1.54, 1.807) is 0 Å². The Morgan fingerprint density at radius 3 is 2.00 bits per heavy atom. The van der Waals surface area contributed by atoms with Crippen LogP contribution in [0.2, 0.25) is 0 Å². The normalized spacial score (nSPS) is 14.3. The van der Waals surface area contributed by atoms with E-state index in [4.69, 9.17) is 9.84 Å². The minimum absolute atomic E-state index is 0.0309. The lowest BCUT2D eigenvalue weighted by atomic mass is 9.78. The van der Waals surface area contributed by atoms with E-state index in [9.17, 15) is 9.59 Å². The van der Waals surface area contributed by atoms with Crippen molar-refractivity contribution < 1.29 is 19.4 Å². The lowest BCUT2D eigenvalue weighted by molar-refractivity contribution is -0.146. The van der Waals surface area contributed by atoms with Gasteiger partial charge in [0.1, 0.15) is 5.78 Å². The number of ketones is 1. The summed E-state index contributed by atoms with van der Waals surface area (Å²) < 4.78 is 5.57. The van der Waals surface area contributed by atoms with Crippen LogP contribution < -0.4 is 0 Å². The first kappa shape index (κ1) is 17.1. The maximum Gasteiger partial charge on any atom is 0.304 e. The molecule has 1 N–H and O–H groups in total. The first-order chi connectivity index (χ1) is 7.99. The van der Waals surface area contributed by atoms with Gasteiger partial charge in [-0.3, -0.25) is 9.59 Å². The molecule has 0 aliphatic rings. The molecule has 0 rings (SSSR count). The standard InChI is InChI=1S/C14H26O4/c1-7-14(5,6)12(17)10(8-11(15)16)9-18-13(2,3)4/h10H,7-9H2,1-6H3,(H,15,16). The highest BCUT2D eigenvalue weighted by atomic mass is 16.5. The van der Waals surface area contributed by atoms with Gasteiger partial charge in [-0.1, -0.05) is 20.8 Å². The zero-order chi connectivity index (χ0) is 14.6. The Kier molecular flexibility index (Phi) is 6.00. The largest absolute Gasteiger partial charge is 0.481 e. The first-order valence-corrected chi connectivity index (χ1v) is 6.39. The second-order valence-electron chi connectivity index (χ2n) is 6.32. The average Bonchev–Trinajstić information content (AvgIpc) is 2.21. The van der Waals surface area contributed by atoms with E-state index in [-0.39, 0.29) is 24.4 Å². The van der Waals surface area contributed by atoms with E-state index >= 15 is 0 Å². The van der Waals surface area contributed by atoms with Crippen LogP contribution in [0.3, 0.4) is 0 Å². The van der Waals surface area contributed by atoms with Crippen molar-refractivity contribution in [3.8, 4) is 0 Å². The van der Waals surface area contributed by atoms with Crippen molar-refractivity contribution in [1.82, 2.24) is 0 Å². The molecule has 0 aromatic heterocycles. The van der Waals surface area contributed by atoms with Crippen LogP contribution in [0.1, 0.15) is 54.4 Å². The molecule has 0 heterocycles. The van der Waals surface area contributed by atoms with Gasteiger partial charge < -0.3 is 9.84 Å². The van der Waals surface area contributed by atoms with Crippen LogP contribution >= 0.6 is 0 Å². The van der Waals surface area contributed by atoms with Gasteiger partial charge in [-0.05, 0) is 27.2 Å². The fourth-order valence-corrected chi connectivity index (χ4v) is 1.52. The summed E-state index contributed by atoms with van der Waals surface area (Å²) in [6.07, 6.45) is 0.524. The van der Waals surface area contributed by atoms with E-state index in [1.165, 1.54) is 0 Å².